The molecule has 2 fully saturated rings. The molecule has 21 heavy (non-hydrogen) atoms. The van der Waals surface area contributed by atoms with Gasteiger partial charge < -0.3 is 5.32 Å². The maximum Gasteiger partial charge on any atom is 0.241 e. The lowest BCUT2D eigenvalue weighted by Crippen LogP contribution is -2.47. The van der Waals surface area contributed by atoms with E-state index in [1.807, 2.05) is 13.0 Å². The van der Waals surface area contributed by atoms with Gasteiger partial charge in [-0.15, -0.1) is 12.4 Å². The average molecular weight is 396 g/mol. The van der Waals surface area contributed by atoms with E-state index in [0.29, 0.717) is 21.5 Å². The van der Waals surface area contributed by atoms with Crippen LogP contribution in [0, 0.1) is 6.92 Å². The second-order valence-corrected chi connectivity index (χ2v) is 8.29. The van der Waals surface area contributed by atoms with Gasteiger partial charge in [-0.05, 0) is 60.2 Å². The molecule has 0 radical (unpaired) electrons. The maximum absolute atomic E-state index is 12.5. The molecular weight excluding hydrogens is 376 g/mol. The molecule has 0 saturated carbocycles. The molecule has 0 aromatic heterocycles. The Labute approximate surface area is 140 Å². The van der Waals surface area contributed by atoms with Crippen molar-refractivity contribution in [1.82, 2.24) is 10.0 Å². The number of fused-ring (bicyclic) bond motifs is 2. The molecule has 0 spiro atoms. The molecule has 2 atom stereocenters. The Hall–Kier alpha value is -0.140. The number of aryl methyl sites for hydroxylation is 1. The van der Waals surface area contributed by atoms with Crippen LogP contribution in [-0.2, 0) is 10.0 Å². The molecule has 2 unspecified atom stereocenters. The third-order valence-corrected chi connectivity index (χ3v) is 7.12. The number of halogens is 2. The molecule has 0 aliphatic carbocycles. The zero-order valence-corrected chi connectivity index (χ0v) is 15.0. The predicted octanol–water partition coefficient (Wildman–Crippen LogP) is 2.74. The second-order valence-electron chi connectivity index (χ2n) is 5.81. The van der Waals surface area contributed by atoms with Gasteiger partial charge in [0.1, 0.15) is 0 Å². The van der Waals surface area contributed by atoms with Crippen LogP contribution in [0.4, 0.5) is 0 Å². The van der Waals surface area contributed by atoms with Crippen LogP contribution in [0.2, 0.25) is 0 Å². The molecule has 2 aliphatic rings. The SMILES string of the molecule is Cc1cccc(S(=O)(=O)NC2CC3CCC(C2)N3)c1Br.Cl. The zero-order valence-electron chi connectivity index (χ0n) is 11.8. The summed E-state index contributed by atoms with van der Waals surface area (Å²) in [6, 6.07) is 6.32. The summed E-state index contributed by atoms with van der Waals surface area (Å²) in [5.41, 5.74) is 0.929. The van der Waals surface area contributed by atoms with Crippen LogP contribution in [0.5, 0.6) is 0 Å². The van der Waals surface area contributed by atoms with E-state index in [9.17, 15) is 8.42 Å². The van der Waals surface area contributed by atoms with Crippen LogP contribution >= 0.6 is 28.3 Å². The molecular formula is C14H20BrClN2O2S. The lowest BCUT2D eigenvalue weighted by molar-refractivity contribution is 0.345. The summed E-state index contributed by atoms with van der Waals surface area (Å²) >= 11 is 3.39. The van der Waals surface area contributed by atoms with E-state index in [1.165, 1.54) is 0 Å². The fourth-order valence-electron chi connectivity index (χ4n) is 3.26. The van der Waals surface area contributed by atoms with Crippen LogP contribution in [0.1, 0.15) is 31.2 Å². The number of rotatable bonds is 3. The lowest BCUT2D eigenvalue weighted by Gasteiger charge is -2.29. The predicted molar refractivity (Wildman–Crippen MR) is 89.4 cm³/mol. The molecule has 2 bridgehead atoms. The molecule has 2 heterocycles. The lowest BCUT2D eigenvalue weighted by atomic mass is 10.0. The molecule has 2 saturated heterocycles. The first-order valence-electron chi connectivity index (χ1n) is 6.99. The number of piperidine rings is 1. The Morgan fingerprint density at radius 1 is 1.24 bits per heavy atom. The monoisotopic (exact) mass is 394 g/mol. The normalized spacial score (nSPS) is 28.2. The molecule has 7 heteroatoms. The molecule has 0 amide bonds. The minimum Gasteiger partial charge on any atom is -0.311 e. The van der Waals surface area contributed by atoms with Gasteiger partial charge in [0, 0.05) is 22.6 Å². The van der Waals surface area contributed by atoms with Gasteiger partial charge in [-0.25, -0.2) is 13.1 Å². The minimum atomic E-state index is -3.46. The summed E-state index contributed by atoms with van der Waals surface area (Å²) in [5, 5.41) is 3.52. The first kappa shape index (κ1) is 17.2. The largest absolute Gasteiger partial charge is 0.311 e. The van der Waals surface area contributed by atoms with Crippen molar-refractivity contribution < 1.29 is 8.42 Å². The molecule has 1 aromatic rings. The van der Waals surface area contributed by atoms with Gasteiger partial charge in [0.05, 0.1) is 4.90 Å². The summed E-state index contributed by atoms with van der Waals surface area (Å²) in [6.07, 6.45) is 4.10. The van der Waals surface area contributed by atoms with Crippen molar-refractivity contribution in [2.75, 3.05) is 0 Å². The number of hydrogen-bond acceptors (Lipinski definition) is 3. The van der Waals surface area contributed by atoms with Crippen LogP contribution in [0.15, 0.2) is 27.6 Å². The van der Waals surface area contributed by atoms with Crippen molar-refractivity contribution in [3.8, 4) is 0 Å². The third-order valence-electron chi connectivity index (χ3n) is 4.24. The first-order valence-corrected chi connectivity index (χ1v) is 9.27. The van der Waals surface area contributed by atoms with E-state index in [2.05, 4.69) is 26.0 Å². The van der Waals surface area contributed by atoms with Gasteiger partial charge in [0.2, 0.25) is 10.0 Å². The van der Waals surface area contributed by atoms with E-state index in [1.54, 1.807) is 12.1 Å². The quantitative estimate of drug-likeness (QED) is 0.827. The Morgan fingerprint density at radius 2 is 1.86 bits per heavy atom. The van der Waals surface area contributed by atoms with Gasteiger partial charge in [-0.3, -0.25) is 0 Å². The fraction of sp³-hybridized carbons (Fsp3) is 0.571. The Bertz CT molecular complexity index is 611. The fourth-order valence-corrected chi connectivity index (χ4v) is 5.58. The molecule has 1 aromatic carbocycles. The van der Waals surface area contributed by atoms with E-state index >= 15 is 0 Å². The van der Waals surface area contributed by atoms with Crippen LogP contribution < -0.4 is 10.0 Å². The van der Waals surface area contributed by atoms with Crippen molar-refractivity contribution in [3.63, 3.8) is 0 Å². The highest BCUT2D eigenvalue weighted by molar-refractivity contribution is 9.10. The van der Waals surface area contributed by atoms with Gasteiger partial charge >= 0.3 is 0 Å². The first-order chi connectivity index (χ1) is 9.45. The highest BCUT2D eigenvalue weighted by Gasteiger charge is 2.35. The van der Waals surface area contributed by atoms with Gasteiger partial charge in [0.25, 0.3) is 0 Å². The number of benzene rings is 1. The number of sulfonamides is 1. The standard InChI is InChI=1S/C14H19BrN2O2S.ClH/c1-9-3-2-4-13(14(9)15)20(18,19)17-12-7-10-5-6-11(8-12)16-10;/h2-4,10-12,16-17H,5-8H2,1H3;1H. The Morgan fingerprint density at radius 3 is 2.48 bits per heavy atom. The third kappa shape index (κ3) is 3.62. The summed E-state index contributed by atoms with van der Waals surface area (Å²) in [4.78, 5) is 0.336. The van der Waals surface area contributed by atoms with Crippen molar-refractivity contribution >= 4 is 38.4 Å². The number of hydrogen-bond donors (Lipinski definition) is 2. The topological polar surface area (TPSA) is 58.2 Å². The van der Waals surface area contributed by atoms with Crippen molar-refractivity contribution in [1.29, 1.82) is 0 Å². The van der Waals surface area contributed by atoms with Crippen molar-refractivity contribution in [2.45, 2.75) is 55.6 Å². The average Bonchev–Trinajstić information content (AvgIpc) is 2.71. The molecule has 2 N–H and O–H groups in total. The summed E-state index contributed by atoms with van der Waals surface area (Å²) in [7, 11) is -3.46. The Kier molecular flexibility index (Phi) is 5.36. The van der Waals surface area contributed by atoms with E-state index in [0.717, 1.165) is 31.2 Å². The summed E-state index contributed by atoms with van der Waals surface area (Å²) < 4.78 is 28.6. The maximum atomic E-state index is 12.5. The number of nitrogens with one attached hydrogen (secondary N) is 2. The molecule has 2 aliphatic heterocycles. The molecule has 3 rings (SSSR count). The van der Waals surface area contributed by atoms with Gasteiger partial charge in [-0.1, -0.05) is 12.1 Å². The molecule has 4 nitrogen and oxygen atoms in total. The van der Waals surface area contributed by atoms with Crippen LogP contribution in [0.25, 0.3) is 0 Å². The minimum absolute atomic E-state index is 0. The summed E-state index contributed by atoms with van der Waals surface area (Å²) in [6.45, 7) is 1.90. The smallest absolute Gasteiger partial charge is 0.241 e. The van der Waals surface area contributed by atoms with Gasteiger partial charge in [-0.2, -0.15) is 0 Å². The summed E-state index contributed by atoms with van der Waals surface area (Å²) in [5.74, 6) is 0. The van der Waals surface area contributed by atoms with Crippen LogP contribution in [0.3, 0.4) is 0 Å². The highest BCUT2D eigenvalue weighted by Crippen LogP contribution is 2.29. The van der Waals surface area contributed by atoms with E-state index in [-0.39, 0.29) is 18.4 Å². The zero-order chi connectivity index (χ0) is 14.3. The Balaban J connectivity index is 0.00000161. The van der Waals surface area contributed by atoms with Crippen molar-refractivity contribution in [2.24, 2.45) is 0 Å². The van der Waals surface area contributed by atoms with Crippen molar-refractivity contribution in [3.05, 3.63) is 28.2 Å². The highest BCUT2D eigenvalue weighted by atomic mass is 79.9. The second kappa shape index (κ2) is 6.54. The molecule has 118 valence electrons. The van der Waals surface area contributed by atoms with E-state index in [4.69, 9.17) is 0 Å². The van der Waals surface area contributed by atoms with Gasteiger partial charge in [0.15, 0.2) is 0 Å². The van der Waals surface area contributed by atoms with Crippen LogP contribution in [-0.4, -0.2) is 26.5 Å². The van der Waals surface area contributed by atoms with E-state index < -0.39 is 10.0 Å².